The lowest BCUT2D eigenvalue weighted by atomic mass is 10.3. The predicted molar refractivity (Wildman–Crippen MR) is 68.2 cm³/mol. The third-order valence-corrected chi connectivity index (χ3v) is 4.94. The normalized spacial score (nSPS) is 21.7. The largest absolute Gasteiger partial charge is 0.394 e. The number of hydrogen-bond acceptors (Lipinski definition) is 5. The van der Waals surface area contributed by atoms with Crippen molar-refractivity contribution in [1.82, 2.24) is 13.9 Å². The summed E-state index contributed by atoms with van der Waals surface area (Å²) in [6, 6.07) is 0. The summed E-state index contributed by atoms with van der Waals surface area (Å²) in [6.45, 7) is 4.94. The first-order valence-electron chi connectivity index (χ1n) is 6.25. The molecule has 8 heteroatoms. The highest BCUT2D eigenvalue weighted by Crippen LogP contribution is 2.18. The third kappa shape index (κ3) is 2.81. The molecule has 1 aromatic rings. The molecule has 2 heterocycles. The van der Waals surface area contributed by atoms with Crippen molar-refractivity contribution in [3.8, 4) is 0 Å². The van der Waals surface area contributed by atoms with E-state index in [0.29, 0.717) is 12.4 Å². The van der Waals surface area contributed by atoms with Crippen LogP contribution in [0.2, 0.25) is 0 Å². The summed E-state index contributed by atoms with van der Waals surface area (Å²) in [5.74, 6) is 0.674. The Morgan fingerprint density at radius 2 is 2.32 bits per heavy atom. The molecular formula is C11H19N3O4S. The maximum absolute atomic E-state index is 12.4. The number of hydrogen-bond donors (Lipinski definition) is 1. The van der Waals surface area contributed by atoms with Crippen LogP contribution in [-0.2, 0) is 21.3 Å². The molecule has 1 aromatic heterocycles. The number of aromatic nitrogens is 2. The van der Waals surface area contributed by atoms with Crippen LogP contribution in [0.15, 0.2) is 11.2 Å². The fourth-order valence-electron chi connectivity index (χ4n) is 2.08. The van der Waals surface area contributed by atoms with Crippen LogP contribution in [0.3, 0.4) is 0 Å². The first-order chi connectivity index (χ1) is 8.98. The van der Waals surface area contributed by atoms with E-state index in [1.165, 1.54) is 4.31 Å². The van der Waals surface area contributed by atoms with Crippen LogP contribution in [0.25, 0.3) is 0 Å². The van der Waals surface area contributed by atoms with Gasteiger partial charge in [0, 0.05) is 25.8 Å². The Balaban J connectivity index is 2.25. The highest BCUT2D eigenvalue weighted by molar-refractivity contribution is 7.89. The van der Waals surface area contributed by atoms with Crippen molar-refractivity contribution in [2.45, 2.75) is 31.5 Å². The maximum Gasteiger partial charge on any atom is 0.262 e. The Morgan fingerprint density at radius 1 is 1.58 bits per heavy atom. The van der Waals surface area contributed by atoms with E-state index in [-0.39, 0.29) is 31.3 Å². The average Bonchev–Trinajstić information content (AvgIpc) is 2.80. The van der Waals surface area contributed by atoms with E-state index in [1.807, 2.05) is 6.92 Å². The Labute approximate surface area is 112 Å². The average molecular weight is 289 g/mol. The molecule has 0 radical (unpaired) electrons. The zero-order valence-electron chi connectivity index (χ0n) is 11.1. The Bertz CT molecular complexity index is 540. The van der Waals surface area contributed by atoms with Crippen LogP contribution >= 0.6 is 0 Å². The smallest absolute Gasteiger partial charge is 0.262 e. The summed E-state index contributed by atoms with van der Waals surface area (Å²) in [5, 5.41) is 9.13. The molecule has 1 saturated heterocycles. The molecule has 0 aromatic carbocycles. The van der Waals surface area contributed by atoms with Crippen molar-refractivity contribution >= 4 is 10.0 Å². The molecule has 2 rings (SSSR count). The second kappa shape index (κ2) is 5.58. The predicted octanol–water partition coefficient (Wildman–Crippen LogP) is -0.407. The van der Waals surface area contributed by atoms with Gasteiger partial charge in [-0.05, 0) is 13.8 Å². The number of rotatable bonds is 4. The van der Waals surface area contributed by atoms with Gasteiger partial charge in [0.1, 0.15) is 5.82 Å². The molecule has 0 amide bonds. The van der Waals surface area contributed by atoms with E-state index in [2.05, 4.69) is 4.98 Å². The first kappa shape index (κ1) is 14.4. The van der Waals surface area contributed by atoms with Crippen LogP contribution in [-0.4, -0.2) is 59.8 Å². The molecule has 19 heavy (non-hydrogen) atoms. The molecule has 1 atom stereocenters. The van der Waals surface area contributed by atoms with Crippen molar-refractivity contribution in [3.63, 3.8) is 0 Å². The Hall–Kier alpha value is -0.960. The van der Waals surface area contributed by atoms with Gasteiger partial charge >= 0.3 is 0 Å². The molecule has 108 valence electrons. The van der Waals surface area contributed by atoms with Crippen LogP contribution in [0.4, 0.5) is 0 Å². The highest BCUT2D eigenvalue weighted by atomic mass is 32.2. The number of imidazole rings is 1. The molecule has 0 aliphatic carbocycles. The molecular weight excluding hydrogens is 270 g/mol. The second-order valence-electron chi connectivity index (χ2n) is 4.45. The number of aliphatic hydroxyl groups is 1. The van der Waals surface area contributed by atoms with E-state index in [4.69, 9.17) is 9.84 Å². The van der Waals surface area contributed by atoms with Gasteiger partial charge in [0.25, 0.3) is 10.0 Å². The zero-order valence-corrected chi connectivity index (χ0v) is 11.9. The summed E-state index contributed by atoms with van der Waals surface area (Å²) in [7, 11) is -3.61. The van der Waals surface area contributed by atoms with Gasteiger partial charge in [-0.2, -0.15) is 4.31 Å². The van der Waals surface area contributed by atoms with Gasteiger partial charge in [-0.25, -0.2) is 13.4 Å². The van der Waals surface area contributed by atoms with Crippen LogP contribution in [0.1, 0.15) is 12.7 Å². The van der Waals surface area contributed by atoms with Crippen LogP contribution in [0.5, 0.6) is 0 Å². The van der Waals surface area contributed by atoms with Crippen LogP contribution < -0.4 is 0 Å². The standard InChI is InChI=1S/C11H19N3O4S/c1-3-13-7-11(12-9(13)2)19(16,17)14-4-5-18-10(6-14)8-15/h7,10,15H,3-6,8H2,1-2H3. The van der Waals surface area contributed by atoms with E-state index >= 15 is 0 Å². The molecule has 1 fully saturated rings. The summed E-state index contributed by atoms with van der Waals surface area (Å²) in [4.78, 5) is 4.11. The topological polar surface area (TPSA) is 84.7 Å². The van der Waals surface area contributed by atoms with Gasteiger partial charge < -0.3 is 14.4 Å². The number of morpholine rings is 1. The van der Waals surface area contributed by atoms with E-state index < -0.39 is 16.1 Å². The number of ether oxygens (including phenoxy) is 1. The van der Waals surface area contributed by atoms with Crippen molar-refractivity contribution in [2.24, 2.45) is 0 Å². The summed E-state index contributed by atoms with van der Waals surface area (Å²) >= 11 is 0. The highest BCUT2D eigenvalue weighted by Gasteiger charge is 2.32. The van der Waals surface area contributed by atoms with Crippen LogP contribution in [0, 0.1) is 6.92 Å². The molecule has 1 N–H and O–H groups in total. The molecule has 0 spiro atoms. The molecule has 0 bridgehead atoms. The minimum atomic E-state index is -3.61. The minimum absolute atomic E-state index is 0.0606. The summed E-state index contributed by atoms with van der Waals surface area (Å²) in [5.41, 5.74) is 0. The number of nitrogens with zero attached hydrogens (tertiary/aromatic N) is 3. The van der Waals surface area contributed by atoms with Gasteiger partial charge in [-0.1, -0.05) is 0 Å². The van der Waals surface area contributed by atoms with Gasteiger partial charge in [0.2, 0.25) is 0 Å². The van der Waals surface area contributed by atoms with Gasteiger partial charge in [0.05, 0.1) is 19.3 Å². The van der Waals surface area contributed by atoms with E-state index in [1.54, 1.807) is 17.7 Å². The monoisotopic (exact) mass is 289 g/mol. The van der Waals surface area contributed by atoms with E-state index in [9.17, 15) is 8.42 Å². The summed E-state index contributed by atoms with van der Waals surface area (Å²) in [6.07, 6.45) is 1.09. The molecule has 1 aliphatic heterocycles. The lowest BCUT2D eigenvalue weighted by Gasteiger charge is -2.30. The first-order valence-corrected chi connectivity index (χ1v) is 7.69. The lowest BCUT2D eigenvalue weighted by molar-refractivity contribution is -0.0305. The van der Waals surface area contributed by atoms with Crippen molar-refractivity contribution < 1.29 is 18.3 Å². The van der Waals surface area contributed by atoms with Crippen molar-refractivity contribution in [1.29, 1.82) is 0 Å². The van der Waals surface area contributed by atoms with Crippen molar-refractivity contribution in [2.75, 3.05) is 26.3 Å². The quantitative estimate of drug-likeness (QED) is 0.815. The molecule has 1 aliphatic rings. The number of aryl methyl sites for hydroxylation is 2. The van der Waals surface area contributed by atoms with Gasteiger partial charge in [0.15, 0.2) is 5.03 Å². The number of aliphatic hydroxyl groups excluding tert-OH is 1. The van der Waals surface area contributed by atoms with Crippen molar-refractivity contribution in [3.05, 3.63) is 12.0 Å². The zero-order chi connectivity index (χ0) is 14.0. The fourth-order valence-corrected chi connectivity index (χ4v) is 3.53. The maximum atomic E-state index is 12.4. The molecule has 0 saturated carbocycles. The second-order valence-corrected chi connectivity index (χ2v) is 6.34. The fraction of sp³-hybridized carbons (Fsp3) is 0.727. The van der Waals surface area contributed by atoms with E-state index in [0.717, 1.165) is 0 Å². The minimum Gasteiger partial charge on any atom is -0.394 e. The Morgan fingerprint density at radius 3 is 2.89 bits per heavy atom. The third-order valence-electron chi connectivity index (χ3n) is 3.20. The lowest BCUT2D eigenvalue weighted by Crippen LogP contribution is -2.46. The molecule has 7 nitrogen and oxygen atoms in total. The number of sulfonamides is 1. The molecule has 1 unspecified atom stereocenters. The Kier molecular flexibility index (Phi) is 4.24. The SMILES string of the molecule is CCn1cc(S(=O)(=O)N2CCOC(CO)C2)nc1C. The summed E-state index contributed by atoms with van der Waals surface area (Å²) < 4.78 is 33.3. The van der Waals surface area contributed by atoms with Gasteiger partial charge in [-0.3, -0.25) is 0 Å². The van der Waals surface area contributed by atoms with Gasteiger partial charge in [-0.15, -0.1) is 0 Å².